The van der Waals surface area contributed by atoms with E-state index in [4.69, 9.17) is 5.73 Å². The molecule has 1 heterocycles. The van der Waals surface area contributed by atoms with Gasteiger partial charge in [-0.1, -0.05) is 24.3 Å². The van der Waals surface area contributed by atoms with E-state index in [-0.39, 0.29) is 11.9 Å². The Morgan fingerprint density at radius 2 is 1.70 bits per heavy atom. The van der Waals surface area contributed by atoms with Gasteiger partial charge in [0.15, 0.2) is 0 Å². The molecule has 0 atom stereocenters. The maximum atomic E-state index is 13.8. The average Bonchev–Trinajstić information content (AvgIpc) is 2.88. The van der Waals surface area contributed by atoms with Crippen LogP contribution >= 0.6 is 0 Å². The van der Waals surface area contributed by atoms with Gasteiger partial charge in [0.2, 0.25) is 11.9 Å². The first kappa shape index (κ1) is 14.6. The van der Waals surface area contributed by atoms with Gasteiger partial charge in [-0.25, -0.2) is 8.78 Å². The molecule has 0 aliphatic rings. The molecule has 23 heavy (non-hydrogen) atoms. The van der Waals surface area contributed by atoms with Gasteiger partial charge in [-0.15, -0.1) is 5.10 Å². The molecule has 2 aromatic carbocycles. The van der Waals surface area contributed by atoms with Crippen molar-refractivity contribution in [1.82, 2.24) is 14.8 Å². The Bertz CT molecular complexity index is 843. The number of benzene rings is 2. The number of carbonyl (C=O) groups is 1. The minimum absolute atomic E-state index is 0.0404. The predicted molar refractivity (Wildman–Crippen MR) is 80.2 cm³/mol. The molecule has 0 aliphatic carbocycles. The number of rotatable bonds is 3. The molecule has 0 spiro atoms. The molecule has 0 saturated heterocycles. The van der Waals surface area contributed by atoms with Crippen LogP contribution in [0, 0.1) is 11.6 Å². The fourth-order valence-electron chi connectivity index (χ4n) is 2.01. The molecular weight excluding hydrogens is 304 g/mol. The van der Waals surface area contributed by atoms with Gasteiger partial charge in [0.25, 0.3) is 5.91 Å². The normalized spacial score (nSPS) is 10.5. The smallest absolute Gasteiger partial charge is 0.287 e. The van der Waals surface area contributed by atoms with Gasteiger partial charge in [-0.05, 0) is 24.3 Å². The van der Waals surface area contributed by atoms with Gasteiger partial charge in [0.1, 0.15) is 17.2 Å². The Morgan fingerprint density at radius 1 is 1.04 bits per heavy atom. The summed E-state index contributed by atoms with van der Waals surface area (Å²) in [6.07, 6.45) is 0. The zero-order valence-corrected chi connectivity index (χ0v) is 11.7. The van der Waals surface area contributed by atoms with Crippen LogP contribution in [0.2, 0.25) is 0 Å². The molecule has 0 fully saturated rings. The summed E-state index contributed by atoms with van der Waals surface area (Å²) in [4.78, 5) is 16.3. The molecule has 6 nitrogen and oxygen atoms in total. The highest BCUT2D eigenvalue weighted by Gasteiger charge is 2.23. The summed E-state index contributed by atoms with van der Waals surface area (Å²) in [5.74, 6) is -3.23. The Morgan fingerprint density at radius 3 is 2.35 bits per heavy atom. The van der Waals surface area contributed by atoms with E-state index in [9.17, 15) is 13.6 Å². The number of hydrogen-bond donors (Lipinski definition) is 2. The fraction of sp³-hybridized carbons (Fsp3) is 0. The first-order valence-corrected chi connectivity index (χ1v) is 6.59. The van der Waals surface area contributed by atoms with Gasteiger partial charge in [-0.2, -0.15) is 9.67 Å². The zero-order valence-electron chi connectivity index (χ0n) is 11.7. The molecule has 3 aromatic rings. The molecule has 0 bridgehead atoms. The van der Waals surface area contributed by atoms with Crippen LogP contribution in [0.5, 0.6) is 0 Å². The van der Waals surface area contributed by atoms with E-state index in [0.29, 0.717) is 5.69 Å². The van der Waals surface area contributed by atoms with Crippen molar-refractivity contribution in [2.75, 3.05) is 11.1 Å². The van der Waals surface area contributed by atoms with Gasteiger partial charge in [0, 0.05) is 5.69 Å². The number of nitrogens with zero attached hydrogens (tertiary/aromatic N) is 3. The minimum atomic E-state index is -1.01. The van der Waals surface area contributed by atoms with Crippen molar-refractivity contribution in [1.29, 1.82) is 0 Å². The summed E-state index contributed by atoms with van der Waals surface area (Å²) >= 11 is 0. The van der Waals surface area contributed by atoms with Crippen LogP contribution in [0.25, 0.3) is 0 Å². The van der Waals surface area contributed by atoms with Crippen molar-refractivity contribution in [2.45, 2.75) is 0 Å². The first-order valence-electron chi connectivity index (χ1n) is 6.59. The number of nitrogens with two attached hydrogens (primary N) is 1. The summed E-state index contributed by atoms with van der Waals surface area (Å²) in [6.45, 7) is 0. The van der Waals surface area contributed by atoms with Crippen molar-refractivity contribution in [2.24, 2.45) is 0 Å². The first-order chi connectivity index (χ1) is 11.1. The van der Waals surface area contributed by atoms with E-state index < -0.39 is 23.1 Å². The standard InChI is InChI=1S/C15H11F2N5O/c16-10-7-4-8-11(17)12(10)13(23)22-15(20-14(18)21-22)19-9-5-2-1-3-6-9/h1-8H,(H3,18,19,20,21). The Labute approximate surface area is 129 Å². The summed E-state index contributed by atoms with van der Waals surface area (Å²) in [5, 5.41) is 6.53. The molecule has 0 aliphatic heterocycles. The Hall–Kier alpha value is -3.29. The van der Waals surface area contributed by atoms with E-state index in [1.54, 1.807) is 24.3 Å². The van der Waals surface area contributed by atoms with Crippen LogP contribution in [0.3, 0.4) is 0 Å². The SMILES string of the molecule is Nc1nc(Nc2ccccc2)n(C(=O)c2c(F)cccc2F)n1. The summed E-state index contributed by atoms with van der Waals surface area (Å²) in [5.41, 5.74) is 5.39. The average molecular weight is 315 g/mol. The molecule has 1 aromatic heterocycles. The zero-order chi connectivity index (χ0) is 16.4. The Balaban J connectivity index is 2.02. The highest BCUT2D eigenvalue weighted by molar-refractivity contribution is 5.97. The highest BCUT2D eigenvalue weighted by Crippen LogP contribution is 2.19. The number of anilines is 3. The van der Waals surface area contributed by atoms with E-state index in [0.717, 1.165) is 16.8 Å². The van der Waals surface area contributed by atoms with Crippen molar-refractivity contribution in [3.05, 3.63) is 65.7 Å². The topological polar surface area (TPSA) is 85.8 Å². The summed E-state index contributed by atoms with van der Waals surface area (Å²) in [6, 6.07) is 11.9. The van der Waals surface area contributed by atoms with Crippen molar-refractivity contribution in [3.8, 4) is 0 Å². The largest absolute Gasteiger partial charge is 0.366 e. The lowest BCUT2D eigenvalue weighted by Gasteiger charge is -2.08. The second kappa shape index (κ2) is 5.84. The number of nitrogen functional groups attached to an aromatic ring is 1. The lowest BCUT2D eigenvalue weighted by Crippen LogP contribution is -2.19. The van der Waals surface area contributed by atoms with Gasteiger partial charge < -0.3 is 11.1 Å². The molecule has 116 valence electrons. The van der Waals surface area contributed by atoms with Crippen LogP contribution in [0.4, 0.5) is 26.4 Å². The second-order valence-corrected chi connectivity index (χ2v) is 4.60. The van der Waals surface area contributed by atoms with Gasteiger partial charge in [-0.3, -0.25) is 4.79 Å². The minimum Gasteiger partial charge on any atom is -0.366 e. The quantitative estimate of drug-likeness (QED) is 0.776. The molecule has 0 radical (unpaired) electrons. The van der Waals surface area contributed by atoms with Gasteiger partial charge in [0.05, 0.1) is 0 Å². The second-order valence-electron chi connectivity index (χ2n) is 4.60. The van der Waals surface area contributed by atoms with Crippen molar-refractivity contribution < 1.29 is 13.6 Å². The summed E-state index contributed by atoms with van der Waals surface area (Å²) < 4.78 is 28.3. The number of aromatic nitrogens is 3. The highest BCUT2D eigenvalue weighted by atomic mass is 19.1. The van der Waals surface area contributed by atoms with E-state index in [1.165, 1.54) is 6.07 Å². The molecule has 8 heteroatoms. The van der Waals surface area contributed by atoms with E-state index >= 15 is 0 Å². The third-order valence-corrected chi connectivity index (χ3v) is 3.02. The number of nitrogens with one attached hydrogen (secondary N) is 1. The monoisotopic (exact) mass is 315 g/mol. The molecule has 3 rings (SSSR count). The van der Waals surface area contributed by atoms with Gasteiger partial charge >= 0.3 is 0 Å². The molecule has 0 amide bonds. The van der Waals surface area contributed by atoms with Crippen LogP contribution in [-0.2, 0) is 0 Å². The third-order valence-electron chi connectivity index (χ3n) is 3.02. The predicted octanol–water partition coefficient (Wildman–Crippen LogP) is 2.57. The fourth-order valence-corrected chi connectivity index (χ4v) is 2.01. The van der Waals surface area contributed by atoms with Crippen LogP contribution in [0.1, 0.15) is 10.4 Å². The maximum absolute atomic E-state index is 13.8. The molecule has 3 N–H and O–H groups in total. The lowest BCUT2D eigenvalue weighted by atomic mass is 10.2. The molecule has 0 unspecified atom stereocenters. The van der Waals surface area contributed by atoms with Crippen LogP contribution < -0.4 is 11.1 Å². The van der Waals surface area contributed by atoms with Crippen LogP contribution in [0.15, 0.2) is 48.5 Å². The molecular formula is C15H11F2N5O. The molecule has 0 saturated carbocycles. The van der Waals surface area contributed by atoms with Crippen LogP contribution in [-0.4, -0.2) is 20.7 Å². The third kappa shape index (κ3) is 2.86. The Kier molecular flexibility index (Phi) is 3.71. The maximum Gasteiger partial charge on any atom is 0.287 e. The summed E-state index contributed by atoms with van der Waals surface area (Å²) in [7, 11) is 0. The number of halogens is 2. The van der Waals surface area contributed by atoms with E-state index in [2.05, 4.69) is 15.4 Å². The van der Waals surface area contributed by atoms with Crippen molar-refractivity contribution in [3.63, 3.8) is 0 Å². The van der Waals surface area contributed by atoms with E-state index in [1.807, 2.05) is 6.07 Å². The number of para-hydroxylation sites is 1. The number of hydrogen-bond acceptors (Lipinski definition) is 5. The lowest BCUT2D eigenvalue weighted by molar-refractivity contribution is 0.0939. The van der Waals surface area contributed by atoms with Crippen molar-refractivity contribution >= 4 is 23.5 Å². The number of carbonyl (C=O) groups excluding carboxylic acids is 1.